The van der Waals surface area contributed by atoms with E-state index in [0.29, 0.717) is 22.6 Å². The minimum absolute atomic E-state index is 0.0461. The number of nitrogens with one attached hydrogen (secondary N) is 1. The molecule has 3 aromatic rings. The van der Waals surface area contributed by atoms with Crippen LogP contribution in [0.5, 0.6) is 0 Å². The first-order valence-electron chi connectivity index (χ1n) is 11.8. The monoisotopic (exact) mass is 580 g/mol. The highest BCUT2D eigenvalue weighted by Crippen LogP contribution is 2.36. The first kappa shape index (κ1) is 28.0. The summed E-state index contributed by atoms with van der Waals surface area (Å²) in [6.45, 7) is 2.70. The summed E-state index contributed by atoms with van der Waals surface area (Å²) in [6, 6.07) is 12.2. The maximum atomic E-state index is 15.3. The van der Waals surface area contributed by atoms with Crippen LogP contribution in [0.15, 0.2) is 70.5 Å². The number of amides is 1. The third-order valence-corrected chi connectivity index (χ3v) is 10.4. The lowest BCUT2D eigenvalue weighted by atomic mass is 10.1. The number of carbonyl (C=O) groups excluding carboxylic acids is 1. The summed E-state index contributed by atoms with van der Waals surface area (Å²) in [5, 5.41) is 12.8. The fourth-order valence-corrected chi connectivity index (χ4v) is 7.41. The van der Waals surface area contributed by atoms with Crippen molar-refractivity contribution in [2.45, 2.75) is 42.1 Å². The van der Waals surface area contributed by atoms with Gasteiger partial charge in [0.05, 0.1) is 33.9 Å². The second-order valence-corrected chi connectivity index (χ2v) is 13.5. The summed E-state index contributed by atoms with van der Waals surface area (Å²) in [5.74, 6) is -1.67. The quantitative estimate of drug-likeness (QED) is 0.438. The van der Waals surface area contributed by atoms with Crippen molar-refractivity contribution >= 4 is 43.1 Å². The molecule has 2 N–H and O–H groups in total. The molecule has 0 saturated heterocycles. The first-order valence-corrected chi connectivity index (χ1v) is 15.2. The maximum absolute atomic E-state index is 15.3. The van der Waals surface area contributed by atoms with Gasteiger partial charge in [0, 0.05) is 16.6 Å². The van der Waals surface area contributed by atoms with Crippen LogP contribution in [-0.2, 0) is 26.3 Å². The van der Waals surface area contributed by atoms with Gasteiger partial charge < -0.3 is 10.4 Å². The van der Waals surface area contributed by atoms with E-state index >= 15 is 4.39 Å². The molecule has 0 fully saturated rings. The molecule has 2 atom stereocenters. The van der Waals surface area contributed by atoms with Gasteiger partial charge in [-0.3, -0.25) is 9.10 Å². The minimum atomic E-state index is -4.07. The summed E-state index contributed by atoms with van der Waals surface area (Å²) >= 11 is 6.01. The number of nitrogens with zero attached hydrogens (tertiary/aromatic N) is 1. The molecule has 0 bridgehead atoms. The Morgan fingerprint density at radius 3 is 2.45 bits per heavy atom. The number of aliphatic hydroxyl groups excluding tert-OH is 1. The van der Waals surface area contributed by atoms with Crippen LogP contribution in [0.1, 0.15) is 41.4 Å². The first-order chi connectivity index (χ1) is 17.9. The smallest absolute Gasteiger partial charge is 0.264 e. The molecule has 1 amide bonds. The Bertz CT molecular complexity index is 1590. The maximum Gasteiger partial charge on any atom is 0.264 e. The lowest BCUT2D eigenvalue weighted by Crippen LogP contribution is -2.44. The van der Waals surface area contributed by atoms with Gasteiger partial charge in [-0.2, -0.15) is 0 Å². The summed E-state index contributed by atoms with van der Waals surface area (Å²) < 4.78 is 66.9. The van der Waals surface area contributed by atoms with E-state index in [1.165, 1.54) is 55.5 Å². The summed E-state index contributed by atoms with van der Waals surface area (Å²) in [7, 11) is -7.48. The van der Waals surface area contributed by atoms with Crippen LogP contribution < -0.4 is 9.62 Å². The van der Waals surface area contributed by atoms with E-state index in [2.05, 4.69) is 5.32 Å². The largest absolute Gasteiger partial charge is 0.394 e. The van der Waals surface area contributed by atoms with Crippen molar-refractivity contribution in [1.82, 2.24) is 5.32 Å². The third kappa shape index (κ3) is 5.28. The number of sulfone groups is 1. The minimum Gasteiger partial charge on any atom is -0.394 e. The van der Waals surface area contributed by atoms with Crippen LogP contribution in [0.4, 0.5) is 10.1 Å². The van der Waals surface area contributed by atoms with Crippen molar-refractivity contribution in [1.29, 1.82) is 0 Å². The molecule has 8 nitrogen and oxygen atoms in total. The Kier molecular flexibility index (Phi) is 7.85. The summed E-state index contributed by atoms with van der Waals surface area (Å²) in [6.07, 6.45) is 0.327. The van der Waals surface area contributed by atoms with Crippen molar-refractivity contribution in [2.24, 2.45) is 0 Å². The predicted molar refractivity (Wildman–Crippen MR) is 142 cm³/mol. The fourth-order valence-electron chi connectivity index (χ4n) is 4.45. The standard InChI is InChI=1S/C26H26ClFN2O6S2/c1-3-37(33,34)21-8-4-17(5-9-21)23(15-31)29-26(32)18-6-10-24(22(28)14-18)30-16(2)12-19-13-20(27)7-11-25(19)38(30,35)36/h4-11,13-14,16,23,31H,3,12,15H2,1-2H3,(H,29,32)/t16?,23-/m0/s1. The van der Waals surface area contributed by atoms with Crippen LogP contribution in [0.2, 0.25) is 5.02 Å². The van der Waals surface area contributed by atoms with Crippen LogP contribution in [0.25, 0.3) is 0 Å². The molecule has 4 rings (SSSR count). The van der Waals surface area contributed by atoms with Crippen molar-refractivity contribution in [3.63, 3.8) is 0 Å². The average molecular weight is 581 g/mol. The number of rotatable bonds is 7. The number of halogens is 2. The number of carbonyl (C=O) groups is 1. The third-order valence-electron chi connectivity index (χ3n) is 6.43. The van der Waals surface area contributed by atoms with Crippen molar-refractivity contribution < 1.29 is 31.1 Å². The SMILES string of the molecule is CCS(=O)(=O)c1ccc([C@H](CO)NC(=O)c2ccc(N3C(C)Cc4cc(Cl)ccc4S3(=O)=O)c(F)c2)cc1. The van der Waals surface area contributed by atoms with Crippen LogP contribution >= 0.6 is 11.6 Å². The van der Waals surface area contributed by atoms with Gasteiger partial charge in [-0.15, -0.1) is 0 Å². The summed E-state index contributed by atoms with van der Waals surface area (Å²) in [4.78, 5) is 13.0. The van der Waals surface area contributed by atoms with E-state index in [1.807, 2.05) is 0 Å². The Morgan fingerprint density at radius 2 is 1.84 bits per heavy atom. The molecule has 202 valence electrons. The van der Waals surface area contributed by atoms with E-state index in [0.717, 1.165) is 10.4 Å². The molecule has 1 unspecified atom stereocenters. The number of fused-ring (bicyclic) bond motifs is 1. The number of aliphatic hydroxyl groups is 1. The van der Waals surface area contributed by atoms with Gasteiger partial charge in [0.2, 0.25) is 0 Å². The van der Waals surface area contributed by atoms with Crippen LogP contribution in [-0.4, -0.2) is 46.3 Å². The Labute approximate surface area is 226 Å². The van der Waals surface area contributed by atoms with Gasteiger partial charge in [-0.05, 0) is 73.0 Å². The highest BCUT2D eigenvalue weighted by atomic mass is 35.5. The fraction of sp³-hybridized carbons (Fsp3) is 0.269. The van der Waals surface area contributed by atoms with Gasteiger partial charge in [0.25, 0.3) is 15.9 Å². The molecule has 0 radical (unpaired) electrons. The molecule has 0 aliphatic carbocycles. The second-order valence-electron chi connectivity index (χ2n) is 8.95. The van der Waals surface area contributed by atoms with E-state index in [1.54, 1.807) is 13.0 Å². The molecule has 3 aromatic carbocycles. The molecule has 0 saturated carbocycles. The highest BCUT2D eigenvalue weighted by molar-refractivity contribution is 7.93. The molecular formula is C26H26ClFN2O6S2. The average Bonchev–Trinajstić information content (AvgIpc) is 2.87. The zero-order chi connectivity index (χ0) is 27.8. The van der Waals surface area contributed by atoms with E-state index in [4.69, 9.17) is 11.6 Å². The lowest BCUT2D eigenvalue weighted by molar-refractivity contribution is 0.0915. The zero-order valence-corrected chi connectivity index (χ0v) is 22.9. The number of hydrogen-bond donors (Lipinski definition) is 2. The van der Waals surface area contributed by atoms with E-state index in [-0.39, 0.29) is 26.8 Å². The van der Waals surface area contributed by atoms with Crippen molar-refractivity contribution in [3.8, 4) is 0 Å². The van der Waals surface area contributed by atoms with Crippen LogP contribution in [0, 0.1) is 5.82 Å². The molecule has 1 heterocycles. The Morgan fingerprint density at radius 1 is 1.16 bits per heavy atom. The molecule has 1 aliphatic heterocycles. The lowest BCUT2D eigenvalue weighted by Gasteiger charge is -2.35. The van der Waals surface area contributed by atoms with E-state index in [9.17, 15) is 26.7 Å². The predicted octanol–water partition coefficient (Wildman–Crippen LogP) is 3.88. The highest BCUT2D eigenvalue weighted by Gasteiger charge is 2.38. The van der Waals surface area contributed by atoms with Crippen LogP contribution in [0.3, 0.4) is 0 Å². The van der Waals surface area contributed by atoms with E-state index < -0.39 is 50.3 Å². The van der Waals surface area contributed by atoms with Gasteiger partial charge in [0.15, 0.2) is 9.84 Å². The molecule has 12 heteroatoms. The van der Waals surface area contributed by atoms with Gasteiger partial charge in [0.1, 0.15) is 5.82 Å². The molecule has 38 heavy (non-hydrogen) atoms. The zero-order valence-electron chi connectivity index (χ0n) is 20.6. The molecule has 0 spiro atoms. The number of sulfonamides is 1. The normalized spacial score (nSPS) is 17.5. The molecule has 0 aromatic heterocycles. The second kappa shape index (κ2) is 10.6. The molecular weight excluding hydrogens is 555 g/mol. The summed E-state index contributed by atoms with van der Waals surface area (Å²) in [5.41, 5.74) is 0.734. The van der Waals surface area contributed by atoms with Gasteiger partial charge in [-0.1, -0.05) is 30.7 Å². The van der Waals surface area contributed by atoms with Crippen molar-refractivity contribution in [2.75, 3.05) is 16.7 Å². The number of anilines is 1. The molecule has 1 aliphatic rings. The topological polar surface area (TPSA) is 121 Å². The Hall–Kier alpha value is -2.99. The number of hydrogen-bond acceptors (Lipinski definition) is 6. The Balaban J connectivity index is 1.57. The number of benzene rings is 3. The van der Waals surface area contributed by atoms with Crippen molar-refractivity contribution in [3.05, 3.63) is 88.2 Å². The van der Waals surface area contributed by atoms with Gasteiger partial charge in [-0.25, -0.2) is 21.2 Å². The van der Waals surface area contributed by atoms with Gasteiger partial charge >= 0.3 is 0 Å².